The van der Waals surface area contributed by atoms with Crippen molar-refractivity contribution >= 4 is 5.91 Å². The molecular weight excluding hydrogens is 296 g/mol. The van der Waals surface area contributed by atoms with E-state index in [1.54, 1.807) is 7.11 Å². The zero-order valence-electron chi connectivity index (χ0n) is 13.5. The van der Waals surface area contributed by atoms with Crippen LogP contribution in [0, 0.1) is 0 Å². The van der Waals surface area contributed by atoms with E-state index in [0.29, 0.717) is 45.8 Å². The lowest BCUT2D eigenvalue weighted by atomic mass is 10.0. The Morgan fingerprint density at radius 2 is 2.17 bits per heavy atom. The van der Waals surface area contributed by atoms with E-state index in [1.807, 2.05) is 29.2 Å². The number of amides is 1. The van der Waals surface area contributed by atoms with E-state index in [1.165, 1.54) is 0 Å². The molecule has 6 nitrogen and oxygen atoms in total. The monoisotopic (exact) mass is 320 g/mol. The Hall–Kier alpha value is -1.63. The summed E-state index contributed by atoms with van der Waals surface area (Å²) in [5.74, 6) is 0.902. The third-order valence-electron chi connectivity index (χ3n) is 4.56. The standard InChI is InChI=1S/C17H24N2O4/c1-22-15-4-2-3-13(9-15)16-10-14(20)11-19(16)12-17(21)18-5-7-23-8-6-18/h2-4,9,14,16,20H,5-8,10-12H2,1H3/t14-,16-/m1/s1. The van der Waals surface area contributed by atoms with Crippen LogP contribution in [-0.4, -0.2) is 73.4 Å². The van der Waals surface area contributed by atoms with Gasteiger partial charge in [-0.1, -0.05) is 12.1 Å². The van der Waals surface area contributed by atoms with Crippen LogP contribution in [0.15, 0.2) is 24.3 Å². The molecular formula is C17H24N2O4. The highest BCUT2D eigenvalue weighted by Gasteiger charge is 2.34. The summed E-state index contributed by atoms with van der Waals surface area (Å²) in [7, 11) is 1.64. The molecule has 0 radical (unpaired) electrons. The average molecular weight is 320 g/mol. The lowest BCUT2D eigenvalue weighted by molar-refractivity contribution is -0.136. The summed E-state index contributed by atoms with van der Waals surface area (Å²) in [4.78, 5) is 16.4. The zero-order chi connectivity index (χ0) is 16.2. The molecule has 2 aliphatic heterocycles. The van der Waals surface area contributed by atoms with Crippen LogP contribution in [0.1, 0.15) is 18.0 Å². The second-order valence-electron chi connectivity index (χ2n) is 6.10. The molecule has 2 aliphatic rings. The Bertz CT molecular complexity index is 545. The molecule has 2 heterocycles. The summed E-state index contributed by atoms with van der Waals surface area (Å²) in [6.45, 7) is 3.37. The summed E-state index contributed by atoms with van der Waals surface area (Å²) < 4.78 is 10.6. The van der Waals surface area contributed by atoms with Gasteiger partial charge in [-0.25, -0.2) is 0 Å². The van der Waals surface area contributed by atoms with Crippen LogP contribution in [-0.2, 0) is 9.53 Å². The van der Waals surface area contributed by atoms with Gasteiger partial charge in [0.15, 0.2) is 0 Å². The average Bonchev–Trinajstić information content (AvgIpc) is 2.96. The van der Waals surface area contributed by atoms with E-state index in [-0.39, 0.29) is 11.9 Å². The molecule has 1 N–H and O–H groups in total. The molecule has 2 fully saturated rings. The van der Waals surface area contributed by atoms with E-state index in [2.05, 4.69) is 4.90 Å². The molecule has 0 aromatic heterocycles. The minimum atomic E-state index is -0.399. The fraction of sp³-hybridized carbons (Fsp3) is 0.588. The van der Waals surface area contributed by atoms with Crippen LogP contribution in [0.2, 0.25) is 0 Å². The number of methoxy groups -OCH3 is 1. The van der Waals surface area contributed by atoms with Gasteiger partial charge in [-0.05, 0) is 24.1 Å². The predicted molar refractivity (Wildman–Crippen MR) is 85.3 cm³/mol. The third kappa shape index (κ3) is 3.83. The Morgan fingerprint density at radius 1 is 1.39 bits per heavy atom. The summed E-state index contributed by atoms with van der Waals surface area (Å²) in [6.07, 6.45) is 0.243. The first-order valence-electron chi connectivity index (χ1n) is 8.09. The van der Waals surface area contributed by atoms with Crippen LogP contribution in [0.3, 0.4) is 0 Å². The van der Waals surface area contributed by atoms with E-state index in [9.17, 15) is 9.90 Å². The number of nitrogens with zero attached hydrogens (tertiary/aromatic N) is 2. The molecule has 23 heavy (non-hydrogen) atoms. The molecule has 0 unspecified atom stereocenters. The first-order valence-corrected chi connectivity index (χ1v) is 8.09. The summed E-state index contributed by atoms with van der Waals surface area (Å²) in [5.41, 5.74) is 1.08. The smallest absolute Gasteiger partial charge is 0.236 e. The van der Waals surface area contributed by atoms with Crippen LogP contribution in [0.5, 0.6) is 5.75 Å². The van der Waals surface area contributed by atoms with Gasteiger partial charge in [-0.3, -0.25) is 9.69 Å². The molecule has 1 aromatic rings. The number of benzene rings is 1. The number of rotatable bonds is 4. The van der Waals surface area contributed by atoms with Gasteiger partial charge < -0.3 is 19.5 Å². The molecule has 0 bridgehead atoms. The number of aliphatic hydroxyl groups excluding tert-OH is 1. The maximum absolute atomic E-state index is 12.5. The molecule has 126 valence electrons. The minimum Gasteiger partial charge on any atom is -0.497 e. The van der Waals surface area contributed by atoms with E-state index >= 15 is 0 Å². The maximum atomic E-state index is 12.5. The van der Waals surface area contributed by atoms with Crippen LogP contribution < -0.4 is 4.74 Å². The first kappa shape index (κ1) is 16.2. The quantitative estimate of drug-likeness (QED) is 0.883. The summed E-state index contributed by atoms with van der Waals surface area (Å²) >= 11 is 0. The largest absolute Gasteiger partial charge is 0.497 e. The van der Waals surface area contributed by atoms with E-state index < -0.39 is 6.10 Å². The number of ether oxygens (including phenoxy) is 2. The normalized spacial score (nSPS) is 25.6. The van der Waals surface area contributed by atoms with Crippen molar-refractivity contribution in [3.8, 4) is 5.75 Å². The van der Waals surface area contributed by atoms with Crippen molar-refractivity contribution in [3.63, 3.8) is 0 Å². The zero-order valence-corrected chi connectivity index (χ0v) is 13.5. The van der Waals surface area contributed by atoms with Crippen LogP contribution >= 0.6 is 0 Å². The number of aliphatic hydroxyl groups is 1. The Morgan fingerprint density at radius 3 is 2.91 bits per heavy atom. The van der Waals surface area contributed by atoms with E-state index in [0.717, 1.165) is 11.3 Å². The second-order valence-corrected chi connectivity index (χ2v) is 6.10. The van der Waals surface area contributed by atoms with Gasteiger partial charge in [0.1, 0.15) is 5.75 Å². The molecule has 2 atom stereocenters. The molecule has 2 saturated heterocycles. The highest BCUT2D eigenvalue weighted by Crippen LogP contribution is 2.33. The molecule has 0 aliphatic carbocycles. The topological polar surface area (TPSA) is 62.2 Å². The van der Waals surface area contributed by atoms with Gasteiger partial charge in [-0.2, -0.15) is 0 Å². The first-order chi connectivity index (χ1) is 11.2. The predicted octanol–water partition coefficient (Wildman–Crippen LogP) is 0.662. The lowest BCUT2D eigenvalue weighted by Gasteiger charge is -2.30. The van der Waals surface area contributed by atoms with Crippen LogP contribution in [0.4, 0.5) is 0 Å². The Labute approximate surface area is 136 Å². The summed E-state index contributed by atoms with van der Waals surface area (Å²) in [6, 6.07) is 7.90. The molecule has 0 spiro atoms. The van der Waals surface area contributed by atoms with Gasteiger partial charge in [0.2, 0.25) is 5.91 Å². The van der Waals surface area contributed by atoms with Crippen molar-refractivity contribution in [3.05, 3.63) is 29.8 Å². The van der Waals surface area contributed by atoms with Crippen molar-refractivity contribution in [1.82, 2.24) is 9.80 Å². The third-order valence-corrected chi connectivity index (χ3v) is 4.56. The molecule has 6 heteroatoms. The van der Waals surface area contributed by atoms with Crippen molar-refractivity contribution in [2.75, 3.05) is 46.5 Å². The highest BCUT2D eigenvalue weighted by molar-refractivity contribution is 5.78. The Balaban J connectivity index is 1.70. The van der Waals surface area contributed by atoms with Crippen LogP contribution in [0.25, 0.3) is 0 Å². The Kier molecular flexibility index (Phi) is 5.15. The highest BCUT2D eigenvalue weighted by atomic mass is 16.5. The van der Waals surface area contributed by atoms with Gasteiger partial charge in [0.25, 0.3) is 0 Å². The van der Waals surface area contributed by atoms with Crippen molar-refractivity contribution in [2.24, 2.45) is 0 Å². The van der Waals surface area contributed by atoms with Gasteiger partial charge in [0, 0.05) is 25.7 Å². The molecule has 1 aromatic carbocycles. The number of carbonyl (C=O) groups is 1. The number of hydrogen-bond donors (Lipinski definition) is 1. The lowest BCUT2D eigenvalue weighted by Crippen LogP contribution is -2.45. The molecule has 3 rings (SSSR count). The van der Waals surface area contributed by atoms with Crippen molar-refractivity contribution in [1.29, 1.82) is 0 Å². The second kappa shape index (κ2) is 7.29. The summed E-state index contributed by atoms with van der Waals surface area (Å²) in [5, 5.41) is 10.1. The fourth-order valence-electron chi connectivity index (χ4n) is 3.34. The van der Waals surface area contributed by atoms with Gasteiger partial charge in [-0.15, -0.1) is 0 Å². The number of hydrogen-bond acceptors (Lipinski definition) is 5. The molecule has 1 amide bonds. The number of morpholine rings is 1. The van der Waals surface area contributed by atoms with Crippen molar-refractivity contribution in [2.45, 2.75) is 18.6 Å². The SMILES string of the molecule is COc1cccc([C@H]2C[C@@H](O)CN2CC(=O)N2CCOCC2)c1. The van der Waals surface area contributed by atoms with Crippen molar-refractivity contribution < 1.29 is 19.4 Å². The number of carbonyl (C=O) groups excluding carboxylic acids is 1. The number of β-amino-alcohol motifs (C(OH)–C–C–N with tert-alkyl or cyclic N) is 1. The fourth-order valence-corrected chi connectivity index (χ4v) is 3.34. The minimum absolute atomic E-state index is 0.0464. The van der Waals surface area contributed by atoms with E-state index in [4.69, 9.17) is 9.47 Å². The molecule has 0 saturated carbocycles. The van der Waals surface area contributed by atoms with Gasteiger partial charge >= 0.3 is 0 Å². The maximum Gasteiger partial charge on any atom is 0.236 e. The van der Waals surface area contributed by atoms with Gasteiger partial charge in [0.05, 0.1) is 33.0 Å². The number of likely N-dealkylation sites (tertiary alicyclic amines) is 1.